The molecule has 14 nitrogen and oxygen atoms in total. The fraction of sp³-hybridized carbons (Fsp3) is 0.417. The number of rotatable bonds is 7. The van der Waals surface area contributed by atoms with Gasteiger partial charge in [-0.1, -0.05) is 18.0 Å². The van der Waals surface area contributed by atoms with Gasteiger partial charge in [0.2, 0.25) is 0 Å². The van der Waals surface area contributed by atoms with Gasteiger partial charge >= 0.3 is 12.2 Å². The molecule has 7 rings (SSSR count). The fourth-order valence-electron chi connectivity index (χ4n) is 6.10. The van der Waals surface area contributed by atoms with Gasteiger partial charge in [-0.05, 0) is 61.0 Å². The van der Waals surface area contributed by atoms with Gasteiger partial charge in [0, 0.05) is 77.2 Å². The molecule has 2 atom stereocenters. The fourth-order valence-corrected chi connectivity index (χ4v) is 9.17. The number of hydrogen-bond acceptors (Lipinski definition) is 11. The zero-order valence-electron chi connectivity index (χ0n) is 30.7. The first-order chi connectivity index (χ1) is 26.2. The lowest BCUT2D eigenvalue weighted by atomic mass is 10.2. The highest BCUT2D eigenvalue weighted by molar-refractivity contribution is 8.14. The molecule has 0 unspecified atom stereocenters. The first-order valence-electron chi connectivity index (χ1n) is 17.4. The van der Waals surface area contributed by atoms with E-state index < -0.39 is 44.0 Å². The van der Waals surface area contributed by atoms with Crippen LogP contribution in [0.3, 0.4) is 0 Å². The van der Waals surface area contributed by atoms with E-state index in [1.54, 1.807) is 30.3 Å². The summed E-state index contributed by atoms with van der Waals surface area (Å²) in [6.45, 7) is 5.15. The molecule has 2 amide bonds. The second-order valence-corrected chi connectivity index (χ2v) is 19.3. The van der Waals surface area contributed by atoms with Crippen molar-refractivity contribution in [1.29, 1.82) is 0 Å². The molecule has 0 bridgehead atoms. The Balaban J connectivity index is 0.000000195. The number of carbonyl (C=O) groups excluding carboxylic acids is 2. The second-order valence-electron chi connectivity index (χ2n) is 13.0. The summed E-state index contributed by atoms with van der Waals surface area (Å²) in [6.07, 6.45) is -1.96. The van der Waals surface area contributed by atoms with Gasteiger partial charge in [-0.15, -0.1) is 0 Å². The van der Waals surface area contributed by atoms with E-state index >= 15 is 0 Å². The van der Waals surface area contributed by atoms with E-state index in [1.165, 1.54) is 34.1 Å². The minimum absolute atomic E-state index is 0. The standard InChI is InChI=1S/C15H20FN3O2S.C14H17FN2O4S.C7H7ClO2S.H2O/c1-22-6-4-18(5-7-22)14-3-2-11(8-13(14)16)19-10-12(9-17)21-15(19)20;15-12-7-10(17-8-11(9-18)21-14(17)19)1-2-13(12)16-3-5-22(20)6-4-16;1-6-3-2-4-7(5-6)11(8,9)10;/h2-3,8,12H,1,4-7,9-10,17H2;1-2,7,11,18H,3-6,8-9H2;2-5H,1H3;1H2/t12-;11-;;/m01../s1. The lowest BCUT2D eigenvalue weighted by molar-refractivity contribution is 0.0963. The molecule has 5 N–H and O–H groups in total. The average Bonchev–Trinajstić information content (AvgIpc) is 3.74. The summed E-state index contributed by atoms with van der Waals surface area (Å²) in [5.74, 6) is 6.41. The van der Waals surface area contributed by atoms with Crippen LogP contribution in [0.25, 0.3) is 0 Å². The molecule has 0 aliphatic carbocycles. The summed E-state index contributed by atoms with van der Waals surface area (Å²) < 4.78 is 71.7. The maximum atomic E-state index is 14.4. The number of cyclic esters (lactones) is 2. The van der Waals surface area contributed by atoms with Gasteiger partial charge in [-0.25, -0.2) is 26.8 Å². The number of halogens is 3. The third kappa shape index (κ3) is 11.6. The molecular formula is C36H46ClF2N5O9S3. The van der Waals surface area contributed by atoms with E-state index in [4.69, 9.17) is 31.0 Å². The number of benzene rings is 3. The smallest absolute Gasteiger partial charge is 0.414 e. The summed E-state index contributed by atoms with van der Waals surface area (Å²) >= 11 is 0. The van der Waals surface area contributed by atoms with Crippen LogP contribution in [0.15, 0.2) is 65.6 Å². The number of ether oxygens (including phenoxy) is 2. The number of amides is 2. The Morgan fingerprint density at radius 1 is 0.839 bits per heavy atom. The maximum absolute atomic E-state index is 14.4. The average molecular weight is 862 g/mol. The van der Waals surface area contributed by atoms with E-state index in [9.17, 15) is 31.0 Å². The monoisotopic (exact) mass is 861 g/mol. The van der Waals surface area contributed by atoms with Crippen molar-refractivity contribution in [3.63, 3.8) is 0 Å². The Bertz CT molecular complexity index is 1910. The van der Waals surface area contributed by atoms with Crippen LogP contribution in [0.2, 0.25) is 0 Å². The third-order valence-corrected chi connectivity index (χ3v) is 13.3. The lowest BCUT2D eigenvalue weighted by Gasteiger charge is -2.31. The number of aliphatic hydroxyl groups is 1. The first kappa shape index (κ1) is 44.9. The van der Waals surface area contributed by atoms with Gasteiger partial charge in [-0.3, -0.25) is 14.0 Å². The summed E-state index contributed by atoms with van der Waals surface area (Å²) in [4.78, 5) is 30.3. The summed E-state index contributed by atoms with van der Waals surface area (Å²) in [6, 6.07) is 15.9. The Morgan fingerprint density at radius 3 is 1.71 bits per heavy atom. The van der Waals surface area contributed by atoms with E-state index in [-0.39, 0.29) is 52.5 Å². The molecule has 4 heterocycles. The van der Waals surface area contributed by atoms with Crippen molar-refractivity contribution in [3.05, 3.63) is 77.9 Å². The second kappa shape index (κ2) is 20.0. The summed E-state index contributed by atoms with van der Waals surface area (Å²) in [5.41, 5.74) is 8.34. The van der Waals surface area contributed by atoms with Crippen LogP contribution in [-0.4, -0.2) is 129 Å². The molecule has 4 aliphatic heterocycles. The minimum Gasteiger partial charge on any atom is -0.443 e. The molecule has 3 aromatic rings. The zero-order chi connectivity index (χ0) is 39.9. The summed E-state index contributed by atoms with van der Waals surface area (Å²) in [5, 5.41) is 9.03. The molecule has 4 fully saturated rings. The number of aryl methyl sites for hydroxylation is 1. The molecule has 0 aromatic heterocycles. The van der Waals surface area contributed by atoms with Crippen LogP contribution in [0.4, 0.5) is 41.1 Å². The predicted molar refractivity (Wildman–Crippen MR) is 219 cm³/mol. The number of carbonyl (C=O) groups is 2. The highest BCUT2D eigenvalue weighted by atomic mass is 35.7. The number of anilines is 4. The number of nitrogens with zero attached hydrogens (tertiary/aromatic N) is 4. The topological polar surface area (TPSA) is 195 Å². The van der Waals surface area contributed by atoms with E-state index in [0.717, 1.165) is 30.2 Å². The van der Waals surface area contributed by atoms with Gasteiger partial charge < -0.3 is 35.6 Å². The largest absolute Gasteiger partial charge is 0.443 e. The summed E-state index contributed by atoms with van der Waals surface area (Å²) in [7, 11) is 0.932. The van der Waals surface area contributed by atoms with Crippen LogP contribution in [0.1, 0.15) is 5.56 Å². The van der Waals surface area contributed by atoms with Crippen LogP contribution >= 0.6 is 21.2 Å². The van der Waals surface area contributed by atoms with Crippen LogP contribution in [0.5, 0.6) is 0 Å². The van der Waals surface area contributed by atoms with Crippen LogP contribution in [-0.2, 0) is 29.3 Å². The highest BCUT2D eigenvalue weighted by Gasteiger charge is 2.33. The molecule has 4 aliphatic rings. The van der Waals surface area contributed by atoms with E-state index in [2.05, 4.69) is 5.87 Å². The van der Waals surface area contributed by atoms with Gasteiger partial charge in [0.1, 0.15) is 23.8 Å². The van der Waals surface area contributed by atoms with Crippen molar-refractivity contribution in [3.8, 4) is 0 Å². The van der Waals surface area contributed by atoms with E-state index in [1.807, 2.05) is 22.8 Å². The Morgan fingerprint density at radius 2 is 1.32 bits per heavy atom. The normalized spacial score (nSPS) is 20.3. The van der Waals surface area contributed by atoms with Gasteiger partial charge in [0.25, 0.3) is 9.05 Å². The minimum atomic E-state index is -3.55. The SMILES string of the molecule is C=S1CCN(c2ccc(N3C[C@H](CN)OC3=O)cc2F)CC1.Cc1cccc(S(=O)(=O)Cl)c1.O.O=C1O[C@@H](CO)CN1c1ccc(N2CCS(=O)CC2)c(F)c1. The molecule has 56 heavy (non-hydrogen) atoms. The predicted octanol–water partition coefficient (Wildman–Crippen LogP) is 3.44. The van der Waals surface area contributed by atoms with Crippen molar-refractivity contribution in [2.75, 3.05) is 95.0 Å². The van der Waals surface area contributed by atoms with Crippen LogP contribution < -0.4 is 25.3 Å². The molecule has 0 spiro atoms. The van der Waals surface area contributed by atoms with Crippen molar-refractivity contribution < 1.29 is 51.1 Å². The number of nitrogens with two attached hydrogens (primary N) is 1. The highest BCUT2D eigenvalue weighted by Crippen LogP contribution is 2.31. The molecule has 308 valence electrons. The van der Waals surface area contributed by atoms with Crippen molar-refractivity contribution in [1.82, 2.24) is 0 Å². The first-order valence-corrected chi connectivity index (χ1v) is 22.9. The van der Waals surface area contributed by atoms with Crippen molar-refractivity contribution in [2.45, 2.75) is 24.0 Å². The zero-order valence-corrected chi connectivity index (χ0v) is 33.9. The molecule has 3 aromatic carbocycles. The Kier molecular flexibility index (Phi) is 16.0. The van der Waals surface area contributed by atoms with Gasteiger partial charge in [-0.2, -0.15) is 10.5 Å². The molecule has 0 radical (unpaired) electrons. The molecule has 20 heteroatoms. The quantitative estimate of drug-likeness (QED) is 0.261. The van der Waals surface area contributed by atoms with Crippen LogP contribution in [0, 0.1) is 18.6 Å². The van der Waals surface area contributed by atoms with Crippen molar-refractivity contribution in [2.24, 2.45) is 5.73 Å². The maximum Gasteiger partial charge on any atom is 0.414 e. The van der Waals surface area contributed by atoms with E-state index in [0.29, 0.717) is 53.9 Å². The molecular weight excluding hydrogens is 816 g/mol. The Labute approximate surface area is 334 Å². The van der Waals surface area contributed by atoms with Gasteiger partial charge in [0.05, 0.1) is 47.3 Å². The number of hydrogen-bond donors (Lipinski definition) is 2. The lowest BCUT2D eigenvalue weighted by Crippen LogP contribution is -2.38. The Hall–Kier alpha value is -3.85. The molecule has 4 saturated heterocycles. The number of aliphatic hydroxyl groups excluding tert-OH is 1. The van der Waals surface area contributed by atoms with Crippen molar-refractivity contribution >= 4 is 81.8 Å². The van der Waals surface area contributed by atoms with Gasteiger partial charge in [0.15, 0.2) is 0 Å². The molecule has 0 saturated carbocycles. The third-order valence-electron chi connectivity index (χ3n) is 9.13.